The van der Waals surface area contributed by atoms with Crippen molar-refractivity contribution in [2.24, 2.45) is 5.92 Å². The molecule has 0 fully saturated rings. The summed E-state index contributed by atoms with van der Waals surface area (Å²) < 4.78 is 4.89. The second-order valence-corrected chi connectivity index (χ2v) is 2.95. The molecule has 4 heteroatoms. The van der Waals surface area contributed by atoms with Gasteiger partial charge in [0.25, 0.3) is 0 Å². The van der Waals surface area contributed by atoms with E-state index in [1.54, 1.807) is 13.2 Å². The maximum Gasteiger partial charge on any atom is 0.321 e. The molecule has 0 aromatic rings. The standard InChI is InChI=1S/C9H17NO3/c1-4-5-10-8(9(11)12)7(2)6-13-3/h4,7-8,10H,1,5-6H2,2-3H3,(H,11,12). The van der Waals surface area contributed by atoms with Crippen molar-refractivity contribution in [2.45, 2.75) is 13.0 Å². The third kappa shape index (κ3) is 4.65. The summed E-state index contributed by atoms with van der Waals surface area (Å²) in [7, 11) is 1.56. The van der Waals surface area contributed by atoms with Gasteiger partial charge in [-0.25, -0.2) is 0 Å². The van der Waals surface area contributed by atoms with E-state index in [4.69, 9.17) is 9.84 Å². The van der Waals surface area contributed by atoms with Gasteiger partial charge in [-0.1, -0.05) is 13.0 Å². The Kier molecular flexibility index (Phi) is 6.18. The fraction of sp³-hybridized carbons (Fsp3) is 0.667. The first-order chi connectivity index (χ1) is 6.13. The molecule has 0 saturated heterocycles. The van der Waals surface area contributed by atoms with Gasteiger partial charge >= 0.3 is 5.97 Å². The van der Waals surface area contributed by atoms with E-state index in [-0.39, 0.29) is 5.92 Å². The van der Waals surface area contributed by atoms with Crippen LogP contribution in [0.2, 0.25) is 0 Å². The van der Waals surface area contributed by atoms with Crippen LogP contribution in [0.25, 0.3) is 0 Å². The number of aliphatic carboxylic acids is 1. The second-order valence-electron chi connectivity index (χ2n) is 2.95. The van der Waals surface area contributed by atoms with Gasteiger partial charge in [0.2, 0.25) is 0 Å². The monoisotopic (exact) mass is 187 g/mol. The van der Waals surface area contributed by atoms with E-state index in [2.05, 4.69) is 11.9 Å². The molecule has 0 amide bonds. The van der Waals surface area contributed by atoms with Crippen LogP contribution in [0.15, 0.2) is 12.7 Å². The molecule has 0 saturated carbocycles. The topological polar surface area (TPSA) is 58.6 Å². The van der Waals surface area contributed by atoms with E-state index < -0.39 is 12.0 Å². The van der Waals surface area contributed by atoms with Gasteiger partial charge in [-0.05, 0) is 0 Å². The average Bonchev–Trinajstić information content (AvgIpc) is 2.05. The number of ether oxygens (including phenoxy) is 1. The van der Waals surface area contributed by atoms with Crippen molar-refractivity contribution in [2.75, 3.05) is 20.3 Å². The number of hydrogen-bond donors (Lipinski definition) is 2. The molecule has 2 unspecified atom stereocenters. The van der Waals surface area contributed by atoms with Crippen LogP contribution < -0.4 is 5.32 Å². The zero-order valence-electron chi connectivity index (χ0n) is 8.12. The molecule has 0 rings (SSSR count). The first kappa shape index (κ1) is 12.1. The lowest BCUT2D eigenvalue weighted by atomic mass is 10.0. The van der Waals surface area contributed by atoms with E-state index >= 15 is 0 Å². The average molecular weight is 187 g/mol. The van der Waals surface area contributed by atoms with Crippen molar-refractivity contribution in [3.8, 4) is 0 Å². The molecule has 0 aliphatic heterocycles. The first-order valence-corrected chi connectivity index (χ1v) is 4.19. The Morgan fingerprint density at radius 3 is 2.77 bits per heavy atom. The maximum absolute atomic E-state index is 10.8. The quantitative estimate of drug-likeness (QED) is 0.570. The first-order valence-electron chi connectivity index (χ1n) is 4.19. The number of carboxylic acid groups (broad SMARTS) is 1. The molecule has 13 heavy (non-hydrogen) atoms. The van der Waals surface area contributed by atoms with Crippen molar-refractivity contribution in [3.63, 3.8) is 0 Å². The molecule has 0 aromatic carbocycles. The van der Waals surface area contributed by atoms with Crippen LogP contribution in [-0.2, 0) is 9.53 Å². The zero-order chi connectivity index (χ0) is 10.3. The molecule has 0 spiro atoms. The molecular formula is C9H17NO3. The largest absolute Gasteiger partial charge is 0.480 e. The summed E-state index contributed by atoms with van der Waals surface area (Å²) in [5, 5.41) is 11.7. The molecule has 0 aliphatic rings. The van der Waals surface area contributed by atoms with Crippen molar-refractivity contribution in [1.29, 1.82) is 0 Å². The van der Waals surface area contributed by atoms with Crippen molar-refractivity contribution >= 4 is 5.97 Å². The van der Waals surface area contributed by atoms with Gasteiger partial charge < -0.3 is 15.2 Å². The Labute approximate surface area is 78.6 Å². The minimum atomic E-state index is -0.855. The molecule has 2 atom stereocenters. The van der Waals surface area contributed by atoms with Crippen LogP contribution >= 0.6 is 0 Å². The van der Waals surface area contributed by atoms with Gasteiger partial charge in [-0.3, -0.25) is 4.79 Å². The Balaban J connectivity index is 4.06. The minimum Gasteiger partial charge on any atom is -0.480 e. The third-order valence-corrected chi connectivity index (χ3v) is 1.75. The molecule has 0 aromatic heterocycles. The van der Waals surface area contributed by atoms with Crippen LogP contribution in [-0.4, -0.2) is 37.4 Å². The van der Waals surface area contributed by atoms with Crippen LogP contribution in [0.1, 0.15) is 6.92 Å². The van der Waals surface area contributed by atoms with Crippen LogP contribution in [0, 0.1) is 5.92 Å². The van der Waals surface area contributed by atoms with Crippen molar-refractivity contribution < 1.29 is 14.6 Å². The molecule has 0 heterocycles. The lowest BCUT2D eigenvalue weighted by Gasteiger charge is -2.19. The lowest BCUT2D eigenvalue weighted by Crippen LogP contribution is -2.43. The summed E-state index contributed by atoms with van der Waals surface area (Å²) in [5.74, 6) is -0.908. The normalized spacial score (nSPS) is 14.9. The molecular weight excluding hydrogens is 170 g/mol. The second kappa shape index (κ2) is 6.62. The van der Waals surface area contributed by atoms with E-state index in [1.807, 2.05) is 6.92 Å². The van der Waals surface area contributed by atoms with Crippen molar-refractivity contribution in [1.82, 2.24) is 5.32 Å². The number of methoxy groups -OCH3 is 1. The summed E-state index contributed by atoms with van der Waals surface area (Å²) in [5.41, 5.74) is 0. The predicted molar refractivity (Wildman–Crippen MR) is 50.7 cm³/mol. The van der Waals surface area contributed by atoms with Gasteiger partial charge in [-0.2, -0.15) is 0 Å². The predicted octanol–water partition coefficient (Wildman–Crippen LogP) is 0.498. The highest BCUT2D eigenvalue weighted by Crippen LogP contribution is 2.03. The third-order valence-electron chi connectivity index (χ3n) is 1.75. The summed E-state index contributed by atoms with van der Waals surface area (Å²) in [6.07, 6.45) is 1.63. The van der Waals surface area contributed by atoms with Crippen LogP contribution in [0.4, 0.5) is 0 Å². The molecule has 2 N–H and O–H groups in total. The summed E-state index contributed by atoms with van der Waals surface area (Å²) in [4.78, 5) is 10.8. The molecule has 0 radical (unpaired) electrons. The van der Waals surface area contributed by atoms with Gasteiger partial charge in [0.05, 0.1) is 6.61 Å². The minimum absolute atomic E-state index is 0.0533. The fourth-order valence-corrected chi connectivity index (χ4v) is 1.10. The number of nitrogens with one attached hydrogen (secondary N) is 1. The van der Waals surface area contributed by atoms with Gasteiger partial charge in [-0.15, -0.1) is 6.58 Å². The SMILES string of the molecule is C=CCNC(C(=O)O)C(C)COC. The number of hydrogen-bond acceptors (Lipinski definition) is 3. The van der Waals surface area contributed by atoms with E-state index in [9.17, 15) is 4.79 Å². The maximum atomic E-state index is 10.8. The zero-order valence-corrected chi connectivity index (χ0v) is 8.12. The number of carboxylic acids is 1. The molecule has 4 nitrogen and oxygen atoms in total. The Hall–Kier alpha value is -0.870. The van der Waals surface area contributed by atoms with Gasteiger partial charge in [0, 0.05) is 19.6 Å². The summed E-state index contributed by atoms with van der Waals surface area (Å²) in [6, 6.07) is -0.571. The van der Waals surface area contributed by atoms with Crippen molar-refractivity contribution in [3.05, 3.63) is 12.7 Å². The van der Waals surface area contributed by atoms with Crippen LogP contribution in [0.3, 0.4) is 0 Å². The number of carbonyl (C=O) groups is 1. The Morgan fingerprint density at radius 1 is 1.77 bits per heavy atom. The smallest absolute Gasteiger partial charge is 0.321 e. The fourth-order valence-electron chi connectivity index (χ4n) is 1.10. The van der Waals surface area contributed by atoms with Gasteiger partial charge in [0.15, 0.2) is 0 Å². The molecule has 76 valence electrons. The molecule has 0 aliphatic carbocycles. The summed E-state index contributed by atoms with van der Waals surface area (Å²) >= 11 is 0. The van der Waals surface area contributed by atoms with Gasteiger partial charge in [0.1, 0.15) is 6.04 Å². The highest BCUT2D eigenvalue weighted by molar-refractivity contribution is 5.73. The van der Waals surface area contributed by atoms with Crippen LogP contribution in [0.5, 0.6) is 0 Å². The van der Waals surface area contributed by atoms with E-state index in [0.29, 0.717) is 13.2 Å². The Morgan fingerprint density at radius 2 is 2.38 bits per heavy atom. The summed E-state index contributed by atoms with van der Waals surface area (Å²) in [6.45, 7) is 6.27. The van der Waals surface area contributed by atoms with E-state index in [0.717, 1.165) is 0 Å². The number of rotatable bonds is 7. The van der Waals surface area contributed by atoms with E-state index in [1.165, 1.54) is 0 Å². The molecule has 0 bridgehead atoms. The lowest BCUT2D eigenvalue weighted by molar-refractivity contribution is -0.141. The highest BCUT2D eigenvalue weighted by atomic mass is 16.5. The Bertz CT molecular complexity index is 170. The highest BCUT2D eigenvalue weighted by Gasteiger charge is 2.23.